The molecule has 0 fully saturated rings. The van der Waals surface area contributed by atoms with E-state index in [-0.39, 0.29) is 6.03 Å². The Morgan fingerprint density at radius 3 is 2.30 bits per heavy atom. The molecule has 0 aliphatic heterocycles. The Morgan fingerprint density at radius 2 is 1.65 bits per heavy atom. The molecule has 5 nitrogen and oxygen atoms in total. The first-order valence-corrected chi connectivity index (χ1v) is 7.99. The van der Waals surface area contributed by atoms with Gasteiger partial charge in [0.1, 0.15) is 18.1 Å². The smallest absolute Gasteiger partial charge is 0.315 e. The Kier molecular flexibility index (Phi) is 6.75. The number of methoxy groups -OCH3 is 1. The van der Waals surface area contributed by atoms with Gasteiger partial charge in [-0.25, -0.2) is 4.79 Å². The molecule has 2 N–H and O–H groups in total. The summed E-state index contributed by atoms with van der Waals surface area (Å²) in [7, 11) is 1.62. The molecule has 0 aromatic heterocycles. The summed E-state index contributed by atoms with van der Waals surface area (Å²) in [5, 5.41) is 5.54. The molecular weight excluding hydrogens is 360 g/mol. The molecular formula is C17H19BrN2O3. The van der Waals surface area contributed by atoms with Crippen LogP contribution >= 0.6 is 15.9 Å². The van der Waals surface area contributed by atoms with Crippen LogP contribution in [0.2, 0.25) is 0 Å². The average Bonchev–Trinajstić information content (AvgIpc) is 2.59. The van der Waals surface area contributed by atoms with Gasteiger partial charge in [0.25, 0.3) is 0 Å². The number of amides is 2. The quantitative estimate of drug-likeness (QED) is 0.726. The van der Waals surface area contributed by atoms with Crippen molar-refractivity contribution in [3.05, 3.63) is 58.6 Å². The maximum Gasteiger partial charge on any atom is 0.315 e. The topological polar surface area (TPSA) is 59.6 Å². The Hall–Kier alpha value is -2.21. The van der Waals surface area contributed by atoms with E-state index in [1.807, 2.05) is 48.5 Å². The molecule has 2 rings (SSSR count). The van der Waals surface area contributed by atoms with E-state index in [2.05, 4.69) is 26.6 Å². The second-order valence-corrected chi connectivity index (χ2v) is 5.68. The molecule has 122 valence electrons. The average molecular weight is 379 g/mol. The van der Waals surface area contributed by atoms with Crippen molar-refractivity contribution in [1.29, 1.82) is 0 Å². The predicted molar refractivity (Wildman–Crippen MR) is 92.9 cm³/mol. The highest BCUT2D eigenvalue weighted by molar-refractivity contribution is 9.10. The standard InChI is InChI=1S/C17H19BrN2O3/c1-22-15-6-2-13(3-7-15)12-20-17(21)19-10-11-23-16-8-4-14(18)5-9-16/h2-9H,10-12H2,1H3,(H2,19,20,21). The van der Waals surface area contributed by atoms with Crippen LogP contribution in [0.25, 0.3) is 0 Å². The zero-order chi connectivity index (χ0) is 16.5. The van der Waals surface area contributed by atoms with E-state index in [0.717, 1.165) is 21.5 Å². The van der Waals surface area contributed by atoms with Crippen LogP contribution in [0.3, 0.4) is 0 Å². The Bertz CT molecular complexity index is 615. The van der Waals surface area contributed by atoms with Crippen LogP contribution in [-0.4, -0.2) is 26.3 Å². The zero-order valence-corrected chi connectivity index (χ0v) is 14.4. The minimum absolute atomic E-state index is 0.222. The maximum absolute atomic E-state index is 11.7. The molecule has 0 unspecified atom stereocenters. The summed E-state index contributed by atoms with van der Waals surface area (Å²) in [5.41, 5.74) is 1.01. The number of ether oxygens (including phenoxy) is 2. The molecule has 2 aromatic rings. The lowest BCUT2D eigenvalue weighted by atomic mass is 10.2. The molecule has 0 bridgehead atoms. The lowest BCUT2D eigenvalue weighted by Crippen LogP contribution is -2.37. The molecule has 0 saturated heterocycles. The number of urea groups is 1. The highest BCUT2D eigenvalue weighted by atomic mass is 79.9. The minimum Gasteiger partial charge on any atom is -0.497 e. The molecule has 2 aromatic carbocycles. The van der Waals surface area contributed by atoms with E-state index in [9.17, 15) is 4.79 Å². The van der Waals surface area contributed by atoms with Crippen molar-refractivity contribution in [3.8, 4) is 11.5 Å². The van der Waals surface area contributed by atoms with Gasteiger partial charge in [-0.05, 0) is 42.0 Å². The fraction of sp³-hybridized carbons (Fsp3) is 0.235. The zero-order valence-electron chi connectivity index (χ0n) is 12.8. The fourth-order valence-corrected chi connectivity index (χ4v) is 2.12. The van der Waals surface area contributed by atoms with E-state index < -0.39 is 0 Å². The second kappa shape index (κ2) is 9.05. The second-order valence-electron chi connectivity index (χ2n) is 4.76. The molecule has 0 aliphatic carbocycles. The number of halogens is 1. The third-order valence-corrected chi connectivity index (χ3v) is 3.61. The van der Waals surface area contributed by atoms with Gasteiger partial charge in [-0.1, -0.05) is 28.1 Å². The summed E-state index contributed by atoms with van der Waals surface area (Å²) in [6.07, 6.45) is 0. The first-order chi connectivity index (χ1) is 11.2. The van der Waals surface area contributed by atoms with E-state index in [1.165, 1.54) is 0 Å². The maximum atomic E-state index is 11.7. The van der Waals surface area contributed by atoms with Gasteiger partial charge in [0, 0.05) is 11.0 Å². The van der Waals surface area contributed by atoms with Gasteiger partial charge in [0.05, 0.1) is 13.7 Å². The highest BCUT2D eigenvalue weighted by Gasteiger charge is 2.01. The lowest BCUT2D eigenvalue weighted by Gasteiger charge is -2.09. The van der Waals surface area contributed by atoms with Gasteiger partial charge in [-0.15, -0.1) is 0 Å². The van der Waals surface area contributed by atoms with E-state index in [4.69, 9.17) is 9.47 Å². The summed E-state index contributed by atoms with van der Waals surface area (Å²) in [6, 6.07) is 14.9. The largest absolute Gasteiger partial charge is 0.497 e. The highest BCUT2D eigenvalue weighted by Crippen LogP contribution is 2.15. The number of hydrogen-bond donors (Lipinski definition) is 2. The lowest BCUT2D eigenvalue weighted by molar-refractivity contribution is 0.236. The molecule has 0 radical (unpaired) electrons. The molecule has 0 aliphatic rings. The Labute approximate surface area is 144 Å². The van der Waals surface area contributed by atoms with Crippen LogP contribution in [0.15, 0.2) is 53.0 Å². The van der Waals surface area contributed by atoms with Crippen LogP contribution < -0.4 is 20.1 Å². The molecule has 23 heavy (non-hydrogen) atoms. The SMILES string of the molecule is COc1ccc(CNC(=O)NCCOc2ccc(Br)cc2)cc1. The number of carbonyl (C=O) groups is 1. The van der Waals surface area contributed by atoms with E-state index in [1.54, 1.807) is 7.11 Å². The number of nitrogens with one attached hydrogen (secondary N) is 2. The normalized spacial score (nSPS) is 10.0. The van der Waals surface area contributed by atoms with Gasteiger partial charge in [0.15, 0.2) is 0 Å². The van der Waals surface area contributed by atoms with Crippen LogP contribution in [0, 0.1) is 0 Å². The summed E-state index contributed by atoms with van der Waals surface area (Å²) < 4.78 is 11.6. The molecule has 0 atom stereocenters. The predicted octanol–water partition coefficient (Wildman–Crippen LogP) is 3.34. The number of benzene rings is 2. The molecule has 2 amide bonds. The van der Waals surface area contributed by atoms with Crippen LogP contribution in [-0.2, 0) is 6.54 Å². The van der Waals surface area contributed by atoms with Gasteiger partial charge < -0.3 is 20.1 Å². The molecule has 0 saturated carbocycles. The first-order valence-electron chi connectivity index (χ1n) is 7.20. The van der Waals surface area contributed by atoms with Gasteiger partial charge >= 0.3 is 6.03 Å². The number of rotatable bonds is 7. The number of carbonyl (C=O) groups excluding carboxylic acids is 1. The Morgan fingerprint density at radius 1 is 1.00 bits per heavy atom. The fourth-order valence-electron chi connectivity index (χ4n) is 1.85. The number of hydrogen-bond acceptors (Lipinski definition) is 3. The van der Waals surface area contributed by atoms with Crippen molar-refractivity contribution < 1.29 is 14.3 Å². The summed E-state index contributed by atoms with van der Waals surface area (Å²) >= 11 is 3.36. The third kappa shape index (κ3) is 6.20. The van der Waals surface area contributed by atoms with Crippen molar-refractivity contribution in [1.82, 2.24) is 10.6 Å². The van der Waals surface area contributed by atoms with E-state index >= 15 is 0 Å². The monoisotopic (exact) mass is 378 g/mol. The van der Waals surface area contributed by atoms with Crippen molar-refractivity contribution in [2.75, 3.05) is 20.3 Å². The summed E-state index contributed by atoms with van der Waals surface area (Å²) in [6.45, 7) is 1.31. The van der Waals surface area contributed by atoms with Crippen molar-refractivity contribution in [2.45, 2.75) is 6.54 Å². The van der Waals surface area contributed by atoms with E-state index in [0.29, 0.717) is 19.7 Å². The van der Waals surface area contributed by atoms with Crippen LogP contribution in [0.4, 0.5) is 4.79 Å². The Balaban J connectivity index is 1.62. The van der Waals surface area contributed by atoms with Crippen LogP contribution in [0.5, 0.6) is 11.5 Å². The molecule has 0 spiro atoms. The van der Waals surface area contributed by atoms with Crippen molar-refractivity contribution in [3.63, 3.8) is 0 Å². The van der Waals surface area contributed by atoms with Crippen molar-refractivity contribution >= 4 is 22.0 Å². The molecule has 6 heteroatoms. The van der Waals surface area contributed by atoms with Gasteiger partial charge in [0.2, 0.25) is 0 Å². The van der Waals surface area contributed by atoms with Crippen molar-refractivity contribution in [2.24, 2.45) is 0 Å². The molecule has 0 heterocycles. The summed E-state index contributed by atoms with van der Waals surface area (Å²) in [4.78, 5) is 11.7. The summed E-state index contributed by atoms with van der Waals surface area (Å²) in [5.74, 6) is 1.57. The van der Waals surface area contributed by atoms with Gasteiger partial charge in [-0.3, -0.25) is 0 Å². The minimum atomic E-state index is -0.222. The van der Waals surface area contributed by atoms with Gasteiger partial charge in [-0.2, -0.15) is 0 Å². The first kappa shape index (κ1) is 17.1. The third-order valence-electron chi connectivity index (χ3n) is 3.08. The van der Waals surface area contributed by atoms with Crippen LogP contribution in [0.1, 0.15) is 5.56 Å².